The predicted octanol–water partition coefficient (Wildman–Crippen LogP) is 21.1. The van der Waals surface area contributed by atoms with Crippen molar-refractivity contribution in [2.24, 2.45) is 0 Å². The second kappa shape index (κ2) is 61.9. The van der Waals surface area contributed by atoms with Crippen LogP contribution >= 0.6 is 0 Å². The van der Waals surface area contributed by atoms with E-state index in [2.05, 4.69) is 92.1 Å². The summed E-state index contributed by atoms with van der Waals surface area (Å²) in [5.41, 5.74) is 0. The Morgan fingerprint density at radius 3 is 0.986 bits per heavy atom. The Morgan fingerprint density at radius 2 is 0.634 bits per heavy atom. The first-order chi connectivity index (χ1) is 35.2. The van der Waals surface area contributed by atoms with E-state index < -0.39 is 12.1 Å². The molecule has 0 saturated carbocycles. The van der Waals surface area contributed by atoms with Gasteiger partial charge >= 0.3 is 0 Å². The van der Waals surface area contributed by atoms with E-state index in [0.29, 0.717) is 6.42 Å². The van der Waals surface area contributed by atoms with E-state index in [-0.39, 0.29) is 12.5 Å². The first kappa shape index (κ1) is 68.6. The van der Waals surface area contributed by atoms with Crippen LogP contribution in [0.1, 0.15) is 316 Å². The molecule has 4 heteroatoms. The second-order valence-electron chi connectivity index (χ2n) is 21.1. The molecule has 0 aromatic rings. The number of aliphatic hydroxyl groups is 2. The van der Waals surface area contributed by atoms with Crippen molar-refractivity contribution in [1.29, 1.82) is 0 Å². The van der Waals surface area contributed by atoms with Crippen molar-refractivity contribution in [2.75, 3.05) is 6.61 Å². The van der Waals surface area contributed by atoms with Crippen molar-refractivity contribution in [3.8, 4) is 0 Å². The molecule has 1 amide bonds. The Balaban J connectivity index is 3.52. The standard InChI is InChI=1S/C67H121NO3/c1-3-5-7-9-11-13-15-17-19-21-23-25-27-29-31-33-35-36-38-40-42-44-46-48-50-52-54-56-58-60-62-66(70)65(64-69)68-67(71)63-61-59-57-55-53-51-49-47-45-43-41-39-37-34-32-30-28-26-24-22-20-18-16-14-12-10-8-6-4-2/h6,8,12,14,18,20,24,26,30,32,52,54,60,62,65-66,69-70H,3-5,7,9-11,13,15-17,19,21-23,25,27-29,31,33-51,53,55-59,61,63-64H2,1-2H3,(H,68,71)/b8-6-,14-12-,20-18-,26-24-,32-30-,54-52+,62-60+. The van der Waals surface area contributed by atoms with Crippen LogP contribution in [0.3, 0.4) is 0 Å². The monoisotopic (exact) mass is 988 g/mol. The molecule has 412 valence electrons. The summed E-state index contributed by atoms with van der Waals surface area (Å²) in [5.74, 6) is -0.0747. The van der Waals surface area contributed by atoms with Crippen LogP contribution in [-0.2, 0) is 4.79 Å². The number of amides is 1. The third-order valence-electron chi connectivity index (χ3n) is 14.1. The number of allylic oxidation sites excluding steroid dienone is 13. The Kier molecular flexibility index (Phi) is 59.8. The number of unbranched alkanes of at least 4 members (excludes halogenated alkanes) is 38. The lowest BCUT2D eigenvalue weighted by molar-refractivity contribution is -0.123. The van der Waals surface area contributed by atoms with Gasteiger partial charge in [-0.2, -0.15) is 0 Å². The highest BCUT2D eigenvalue weighted by atomic mass is 16.3. The van der Waals surface area contributed by atoms with Crippen molar-refractivity contribution >= 4 is 5.91 Å². The molecule has 0 aliphatic carbocycles. The zero-order chi connectivity index (χ0) is 51.3. The zero-order valence-electron chi connectivity index (χ0n) is 47.5. The molecule has 3 N–H and O–H groups in total. The number of hydrogen-bond acceptors (Lipinski definition) is 3. The van der Waals surface area contributed by atoms with Crippen LogP contribution in [-0.4, -0.2) is 34.9 Å². The second-order valence-corrected chi connectivity index (χ2v) is 21.1. The van der Waals surface area contributed by atoms with Gasteiger partial charge in [0.15, 0.2) is 0 Å². The minimum absolute atomic E-state index is 0.0747. The first-order valence-corrected chi connectivity index (χ1v) is 31.3. The Labute approximate surface area is 443 Å². The van der Waals surface area contributed by atoms with E-state index in [1.165, 1.54) is 231 Å². The fourth-order valence-electron chi connectivity index (χ4n) is 9.40. The number of nitrogens with one attached hydrogen (secondary N) is 1. The fourth-order valence-corrected chi connectivity index (χ4v) is 9.40. The third kappa shape index (κ3) is 58.3. The smallest absolute Gasteiger partial charge is 0.220 e. The molecule has 0 aromatic heterocycles. The summed E-state index contributed by atoms with van der Waals surface area (Å²) in [6, 6.07) is -0.646. The molecule has 2 atom stereocenters. The van der Waals surface area contributed by atoms with Gasteiger partial charge in [-0.3, -0.25) is 4.79 Å². The molecule has 0 rings (SSSR count). The van der Waals surface area contributed by atoms with Gasteiger partial charge < -0.3 is 15.5 Å². The van der Waals surface area contributed by atoms with Gasteiger partial charge in [0.1, 0.15) is 0 Å². The molecule has 2 unspecified atom stereocenters. The molecule has 71 heavy (non-hydrogen) atoms. The molecular weight excluding hydrogens is 867 g/mol. The van der Waals surface area contributed by atoms with Gasteiger partial charge in [-0.25, -0.2) is 0 Å². The van der Waals surface area contributed by atoms with Gasteiger partial charge in [0.25, 0.3) is 0 Å². The van der Waals surface area contributed by atoms with Crippen LogP contribution in [0.5, 0.6) is 0 Å². The normalized spacial score (nSPS) is 13.4. The van der Waals surface area contributed by atoms with Gasteiger partial charge in [0.2, 0.25) is 5.91 Å². The lowest BCUT2D eigenvalue weighted by Crippen LogP contribution is -2.45. The quantitative estimate of drug-likeness (QED) is 0.0420. The Bertz CT molecular complexity index is 1260. The maximum atomic E-state index is 12.5. The van der Waals surface area contributed by atoms with E-state index in [0.717, 1.165) is 64.2 Å². The van der Waals surface area contributed by atoms with Gasteiger partial charge in [-0.15, -0.1) is 0 Å². The average molecular weight is 989 g/mol. The largest absolute Gasteiger partial charge is 0.394 e. The van der Waals surface area contributed by atoms with Crippen LogP contribution in [0.25, 0.3) is 0 Å². The molecule has 0 saturated heterocycles. The van der Waals surface area contributed by atoms with E-state index in [4.69, 9.17) is 0 Å². The number of carbonyl (C=O) groups is 1. The SMILES string of the molecule is CC/C=C\C/C=C\C/C=C\C/C=C\C/C=C\CCCCCCCCCCCCCCCC(=O)NC(CO)C(O)/C=C/CC/C=C/CCCCCCCCCCCCCCCCCCCCCCCCCC. The van der Waals surface area contributed by atoms with Gasteiger partial charge in [0, 0.05) is 6.42 Å². The van der Waals surface area contributed by atoms with Crippen molar-refractivity contribution in [2.45, 2.75) is 328 Å². The highest BCUT2D eigenvalue weighted by molar-refractivity contribution is 5.76. The van der Waals surface area contributed by atoms with Crippen LogP contribution in [0.15, 0.2) is 85.1 Å². The van der Waals surface area contributed by atoms with E-state index in [9.17, 15) is 15.0 Å². The third-order valence-corrected chi connectivity index (χ3v) is 14.1. The minimum Gasteiger partial charge on any atom is -0.394 e. The number of rotatable bonds is 57. The first-order valence-electron chi connectivity index (χ1n) is 31.3. The molecule has 0 radical (unpaired) electrons. The summed E-state index contributed by atoms with van der Waals surface area (Å²) in [7, 11) is 0. The van der Waals surface area contributed by atoms with Crippen LogP contribution < -0.4 is 5.32 Å². The lowest BCUT2D eigenvalue weighted by Gasteiger charge is -2.19. The van der Waals surface area contributed by atoms with Gasteiger partial charge in [0.05, 0.1) is 18.8 Å². The number of hydrogen-bond donors (Lipinski definition) is 3. The number of aliphatic hydroxyl groups excluding tert-OH is 2. The predicted molar refractivity (Wildman–Crippen MR) is 317 cm³/mol. The van der Waals surface area contributed by atoms with Crippen molar-refractivity contribution in [3.63, 3.8) is 0 Å². The molecular formula is C67H121NO3. The summed E-state index contributed by atoms with van der Waals surface area (Å²) >= 11 is 0. The molecule has 0 aromatic carbocycles. The Morgan fingerprint density at radius 1 is 0.352 bits per heavy atom. The maximum Gasteiger partial charge on any atom is 0.220 e. The number of carbonyl (C=O) groups excluding carboxylic acids is 1. The van der Waals surface area contributed by atoms with Crippen molar-refractivity contribution in [1.82, 2.24) is 5.32 Å². The van der Waals surface area contributed by atoms with Gasteiger partial charge in [-0.1, -0.05) is 317 Å². The fraction of sp³-hybridized carbons (Fsp3) is 0.776. The molecule has 0 heterocycles. The van der Waals surface area contributed by atoms with Crippen LogP contribution in [0, 0.1) is 0 Å². The topological polar surface area (TPSA) is 69.6 Å². The summed E-state index contributed by atoms with van der Waals surface area (Å²) in [6.45, 7) is 4.21. The molecule has 0 fully saturated rings. The molecule has 0 aliphatic heterocycles. The molecule has 0 bridgehead atoms. The zero-order valence-corrected chi connectivity index (χ0v) is 47.5. The lowest BCUT2D eigenvalue weighted by atomic mass is 10.0. The molecule has 4 nitrogen and oxygen atoms in total. The van der Waals surface area contributed by atoms with Crippen molar-refractivity contribution in [3.05, 3.63) is 85.1 Å². The Hall–Kier alpha value is -2.43. The van der Waals surface area contributed by atoms with E-state index in [1.54, 1.807) is 6.08 Å². The molecule has 0 spiro atoms. The average Bonchev–Trinajstić information content (AvgIpc) is 3.37. The highest BCUT2D eigenvalue weighted by Crippen LogP contribution is 2.17. The highest BCUT2D eigenvalue weighted by Gasteiger charge is 2.18. The maximum absolute atomic E-state index is 12.5. The summed E-state index contributed by atoms with van der Waals surface area (Å²) in [4.78, 5) is 12.5. The minimum atomic E-state index is -0.869. The summed E-state index contributed by atoms with van der Waals surface area (Å²) in [6.07, 6.45) is 90.6. The summed E-state index contributed by atoms with van der Waals surface area (Å²) in [5, 5.41) is 23.2. The van der Waals surface area contributed by atoms with Crippen molar-refractivity contribution < 1.29 is 15.0 Å². The van der Waals surface area contributed by atoms with E-state index >= 15 is 0 Å². The van der Waals surface area contributed by atoms with Crippen LogP contribution in [0.2, 0.25) is 0 Å². The summed E-state index contributed by atoms with van der Waals surface area (Å²) < 4.78 is 0. The molecule has 0 aliphatic rings. The van der Waals surface area contributed by atoms with Gasteiger partial charge in [-0.05, 0) is 77.0 Å². The van der Waals surface area contributed by atoms with Crippen LogP contribution in [0.4, 0.5) is 0 Å². The van der Waals surface area contributed by atoms with E-state index in [1.807, 2.05) is 6.08 Å².